The number of nitrogens with one attached hydrogen (secondary N) is 2. The maximum absolute atomic E-state index is 12.4. The smallest absolute Gasteiger partial charge is 0.272 e. The molecule has 0 radical (unpaired) electrons. The predicted octanol–water partition coefficient (Wildman–Crippen LogP) is 3.46. The van der Waals surface area contributed by atoms with Crippen molar-refractivity contribution in [3.8, 4) is 0 Å². The topological polar surface area (TPSA) is 80.2 Å². The summed E-state index contributed by atoms with van der Waals surface area (Å²) >= 11 is 0. The third-order valence-corrected chi connectivity index (χ3v) is 3.70. The van der Waals surface area contributed by atoms with Crippen molar-refractivity contribution < 1.29 is 14.4 Å². The van der Waals surface area contributed by atoms with Gasteiger partial charge < -0.3 is 15.2 Å². The Hall–Kier alpha value is -2.89. The summed E-state index contributed by atoms with van der Waals surface area (Å²) in [6.07, 6.45) is 1.62. The fraction of sp³-hybridized carbons (Fsp3) is 0.316. The number of benzene rings is 1. The molecule has 1 aromatic heterocycles. The van der Waals surface area contributed by atoms with Gasteiger partial charge in [0.15, 0.2) is 5.78 Å². The normalized spacial score (nSPS) is 11.1. The Morgan fingerprint density at radius 1 is 1.00 bits per heavy atom. The number of amides is 2. The van der Waals surface area contributed by atoms with Gasteiger partial charge in [0, 0.05) is 35.6 Å². The number of nitrogens with zero attached hydrogens (tertiary/aromatic N) is 1. The van der Waals surface area contributed by atoms with Gasteiger partial charge in [-0.2, -0.15) is 0 Å². The van der Waals surface area contributed by atoms with Crippen LogP contribution in [0.1, 0.15) is 48.5 Å². The lowest BCUT2D eigenvalue weighted by Crippen LogP contribution is -2.27. The Balaban J connectivity index is 2.15. The van der Waals surface area contributed by atoms with Crippen LogP contribution in [-0.2, 0) is 11.8 Å². The lowest BCUT2D eigenvalue weighted by molar-refractivity contribution is -0.123. The van der Waals surface area contributed by atoms with E-state index in [1.165, 1.54) is 6.92 Å². The summed E-state index contributed by atoms with van der Waals surface area (Å²) in [4.78, 5) is 35.9. The van der Waals surface area contributed by atoms with Crippen LogP contribution >= 0.6 is 0 Å². The van der Waals surface area contributed by atoms with E-state index in [1.54, 1.807) is 48.1 Å². The van der Waals surface area contributed by atoms with E-state index in [0.29, 0.717) is 22.6 Å². The number of hydrogen-bond acceptors (Lipinski definition) is 3. The van der Waals surface area contributed by atoms with Crippen LogP contribution in [0.3, 0.4) is 0 Å². The molecule has 0 unspecified atom stereocenters. The van der Waals surface area contributed by atoms with E-state index in [-0.39, 0.29) is 17.6 Å². The molecule has 2 N–H and O–H groups in total. The molecule has 0 atom stereocenters. The highest BCUT2D eigenvalue weighted by molar-refractivity contribution is 6.06. The van der Waals surface area contributed by atoms with Crippen molar-refractivity contribution in [1.29, 1.82) is 0 Å². The second kappa shape index (κ2) is 6.93. The maximum Gasteiger partial charge on any atom is 0.272 e. The van der Waals surface area contributed by atoms with Crippen molar-refractivity contribution in [2.75, 3.05) is 10.6 Å². The van der Waals surface area contributed by atoms with Crippen molar-refractivity contribution in [3.05, 3.63) is 47.8 Å². The summed E-state index contributed by atoms with van der Waals surface area (Å²) in [5, 5.41) is 5.61. The minimum atomic E-state index is -0.509. The van der Waals surface area contributed by atoms with Crippen LogP contribution in [-0.4, -0.2) is 22.2 Å². The van der Waals surface area contributed by atoms with E-state index in [1.807, 2.05) is 20.8 Å². The molecule has 0 aliphatic heterocycles. The molecule has 1 heterocycles. The number of aryl methyl sites for hydroxylation is 1. The predicted molar refractivity (Wildman–Crippen MR) is 97.9 cm³/mol. The molecule has 25 heavy (non-hydrogen) atoms. The summed E-state index contributed by atoms with van der Waals surface area (Å²) < 4.78 is 1.61. The molecule has 0 fully saturated rings. The summed E-state index contributed by atoms with van der Waals surface area (Å²) in [5.41, 5.74) is 1.52. The van der Waals surface area contributed by atoms with E-state index < -0.39 is 5.41 Å². The van der Waals surface area contributed by atoms with Gasteiger partial charge in [0.1, 0.15) is 5.69 Å². The first-order chi connectivity index (χ1) is 11.6. The van der Waals surface area contributed by atoms with Crippen LogP contribution in [0.5, 0.6) is 0 Å². The zero-order chi connectivity index (χ0) is 18.8. The quantitative estimate of drug-likeness (QED) is 0.836. The van der Waals surface area contributed by atoms with Crippen molar-refractivity contribution in [1.82, 2.24) is 4.57 Å². The Kier molecular flexibility index (Phi) is 5.11. The first-order valence-electron chi connectivity index (χ1n) is 7.98. The average molecular weight is 341 g/mol. The Morgan fingerprint density at radius 3 is 2.12 bits per heavy atom. The highest BCUT2D eigenvalue weighted by Crippen LogP contribution is 2.20. The van der Waals surface area contributed by atoms with Crippen molar-refractivity contribution in [3.63, 3.8) is 0 Å². The standard InChI is InChI=1S/C19H23N3O3/c1-12(23)13-9-16(22(5)11-13)17(24)20-14-7-6-8-15(10-14)21-18(25)19(2,3)4/h6-11H,1-5H3,(H,20,24)(H,21,25). The third kappa shape index (κ3) is 4.56. The molecule has 2 amide bonds. The SMILES string of the molecule is CC(=O)c1cc(C(=O)Nc2cccc(NC(=O)C(C)(C)C)c2)n(C)c1. The van der Waals surface area contributed by atoms with Gasteiger partial charge in [-0.25, -0.2) is 0 Å². The van der Waals surface area contributed by atoms with E-state index in [2.05, 4.69) is 10.6 Å². The summed E-state index contributed by atoms with van der Waals surface area (Å²) in [7, 11) is 1.71. The minimum Gasteiger partial charge on any atom is -0.346 e. The van der Waals surface area contributed by atoms with Gasteiger partial charge in [0.25, 0.3) is 5.91 Å². The highest BCUT2D eigenvalue weighted by Gasteiger charge is 2.21. The first kappa shape index (κ1) is 18.4. The van der Waals surface area contributed by atoms with Crippen LogP contribution in [0.4, 0.5) is 11.4 Å². The molecule has 0 saturated carbocycles. The van der Waals surface area contributed by atoms with Gasteiger partial charge in [-0.15, -0.1) is 0 Å². The molecule has 0 bridgehead atoms. The number of Topliss-reactive ketones (excluding diaryl/α,β-unsaturated/α-hetero) is 1. The van der Waals surface area contributed by atoms with E-state index in [9.17, 15) is 14.4 Å². The summed E-state index contributed by atoms with van der Waals surface area (Å²) in [6.45, 7) is 6.94. The molecule has 2 aromatic rings. The molecular weight excluding hydrogens is 318 g/mol. The number of aromatic nitrogens is 1. The highest BCUT2D eigenvalue weighted by atomic mass is 16.2. The molecule has 0 aliphatic rings. The zero-order valence-corrected chi connectivity index (χ0v) is 15.1. The van der Waals surface area contributed by atoms with E-state index >= 15 is 0 Å². The molecule has 0 saturated heterocycles. The van der Waals surface area contributed by atoms with Gasteiger partial charge >= 0.3 is 0 Å². The van der Waals surface area contributed by atoms with Gasteiger partial charge in [-0.05, 0) is 31.2 Å². The fourth-order valence-electron chi connectivity index (χ4n) is 2.17. The van der Waals surface area contributed by atoms with Crippen molar-refractivity contribution in [2.24, 2.45) is 12.5 Å². The first-order valence-corrected chi connectivity index (χ1v) is 7.98. The second-order valence-electron chi connectivity index (χ2n) is 7.02. The molecule has 0 spiro atoms. The lowest BCUT2D eigenvalue weighted by Gasteiger charge is -2.18. The average Bonchev–Trinajstić information content (AvgIpc) is 2.89. The number of carbonyl (C=O) groups excluding carboxylic acids is 3. The second-order valence-corrected chi connectivity index (χ2v) is 7.02. The Bertz CT molecular complexity index is 829. The lowest BCUT2D eigenvalue weighted by atomic mass is 9.95. The van der Waals surface area contributed by atoms with Crippen molar-refractivity contribution >= 4 is 29.0 Å². The summed E-state index contributed by atoms with van der Waals surface area (Å²) in [5.74, 6) is -0.527. The number of carbonyl (C=O) groups is 3. The Morgan fingerprint density at radius 2 is 1.60 bits per heavy atom. The fourth-order valence-corrected chi connectivity index (χ4v) is 2.17. The largest absolute Gasteiger partial charge is 0.346 e. The van der Waals surface area contributed by atoms with Crippen LogP contribution < -0.4 is 10.6 Å². The molecule has 6 heteroatoms. The molecule has 0 aliphatic carbocycles. The van der Waals surface area contributed by atoms with Crippen LogP contribution in [0.2, 0.25) is 0 Å². The number of hydrogen-bond donors (Lipinski definition) is 2. The van der Waals surface area contributed by atoms with Gasteiger partial charge in [0.05, 0.1) is 0 Å². The maximum atomic E-state index is 12.4. The molecule has 2 rings (SSSR count). The Labute approximate surface area is 147 Å². The number of rotatable bonds is 4. The van der Waals surface area contributed by atoms with Crippen LogP contribution in [0.15, 0.2) is 36.5 Å². The zero-order valence-electron chi connectivity index (χ0n) is 15.1. The molecule has 6 nitrogen and oxygen atoms in total. The molecular formula is C19H23N3O3. The van der Waals surface area contributed by atoms with E-state index in [4.69, 9.17) is 0 Å². The molecule has 1 aromatic carbocycles. The third-order valence-electron chi connectivity index (χ3n) is 3.70. The van der Waals surface area contributed by atoms with Gasteiger partial charge in [0.2, 0.25) is 5.91 Å². The van der Waals surface area contributed by atoms with Crippen molar-refractivity contribution in [2.45, 2.75) is 27.7 Å². The monoisotopic (exact) mass is 341 g/mol. The summed E-state index contributed by atoms with van der Waals surface area (Å²) in [6, 6.07) is 8.49. The van der Waals surface area contributed by atoms with Crippen LogP contribution in [0, 0.1) is 5.41 Å². The van der Waals surface area contributed by atoms with E-state index in [0.717, 1.165) is 0 Å². The molecule has 132 valence electrons. The van der Waals surface area contributed by atoms with Gasteiger partial charge in [-0.3, -0.25) is 14.4 Å². The minimum absolute atomic E-state index is 0.0958. The number of anilines is 2. The van der Waals surface area contributed by atoms with Crippen LogP contribution in [0.25, 0.3) is 0 Å². The number of ketones is 1. The van der Waals surface area contributed by atoms with Gasteiger partial charge in [-0.1, -0.05) is 26.8 Å².